The van der Waals surface area contributed by atoms with E-state index in [-0.39, 0.29) is 0 Å². The summed E-state index contributed by atoms with van der Waals surface area (Å²) in [7, 11) is 0. The third kappa shape index (κ3) is 3.24. The summed E-state index contributed by atoms with van der Waals surface area (Å²) in [4.78, 5) is 15.0. The maximum absolute atomic E-state index is 10.5. The fourth-order valence-corrected chi connectivity index (χ4v) is 0.971. The third-order valence-electron chi connectivity index (χ3n) is 1.74. The monoisotopic (exact) mass is 202 g/mol. The van der Waals surface area contributed by atoms with Gasteiger partial charge >= 0.3 is 5.97 Å². The van der Waals surface area contributed by atoms with Gasteiger partial charge in [-0.2, -0.15) is 5.26 Å². The minimum Gasteiger partial charge on any atom is -0.318 e. The van der Waals surface area contributed by atoms with E-state index in [0.29, 0.717) is 11.3 Å². The molecule has 0 saturated carbocycles. The van der Waals surface area contributed by atoms with Crippen LogP contribution in [0.2, 0.25) is 0 Å². The summed E-state index contributed by atoms with van der Waals surface area (Å²) in [6, 6.07) is 8.89. The van der Waals surface area contributed by atoms with Gasteiger partial charge < -0.3 is 4.84 Å². The van der Waals surface area contributed by atoms with Gasteiger partial charge in [0.05, 0.1) is 17.3 Å². The van der Waals surface area contributed by atoms with Crippen LogP contribution in [0.15, 0.2) is 29.4 Å². The van der Waals surface area contributed by atoms with Gasteiger partial charge in [0.2, 0.25) is 0 Å². The molecule has 0 fully saturated rings. The highest BCUT2D eigenvalue weighted by molar-refractivity contribution is 5.98. The lowest BCUT2D eigenvalue weighted by molar-refractivity contribution is -0.140. The molecule has 4 heteroatoms. The molecule has 0 aliphatic heterocycles. The van der Waals surface area contributed by atoms with Crippen LogP contribution in [-0.4, -0.2) is 11.7 Å². The molecule has 15 heavy (non-hydrogen) atoms. The predicted octanol–water partition coefficient (Wildman–Crippen LogP) is 1.85. The lowest BCUT2D eigenvalue weighted by Gasteiger charge is -1.99. The molecule has 0 aromatic heterocycles. The molecule has 0 saturated heterocycles. The second-order valence-electron chi connectivity index (χ2n) is 2.95. The largest absolute Gasteiger partial charge is 0.331 e. The Kier molecular flexibility index (Phi) is 3.58. The van der Waals surface area contributed by atoms with E-state index in [2.05, 4.69) is 9.99 Å². The molecule has 0 radical (unpaired) electrons. The van der Waals surface area contributed by atoms with Crippen molar-refractivity contribution >= 4 is 11.7 Å². The molecular formula is C11H10N2O2. The van der Waals surface area contributed by atoms with Crippen LogP contribution in [0.25, 0.3) is 0 Å². The number of hydrogen-bond donors (Lipinski definition) is 0. The van der Waals surface area contributed by atoms with Gasteiger partial charge in [-0.15, -0.1) is 0 Å². The quantitative estimate of drug-likeness (QED) is 0.417. The Morgan fingerprint density at radius 2 is 1.93 bits per heavy atom. The smallest absolute Gasteiger partial charge is 0.318 e. The zero-order valence-electron chi connectivity index (χ0n) is 8.52. The first-order chi connectivity index (χ1) is 7.13. The minimum absolute atomic E-state index is 0.456. The molecule has 4 nitrogen and oxygen atoms in total. The highest BCUT2D eigenvalue weighted by Gasteiger charge is 1.99. The fourth-order valence-electron chi connectivity index (χ4n) is 0.971. The van der Waals surface area contributed by atoms with Crippen LogP contribution < -0.4 is 0 Å². The van der Waals surface area contributed by atoms with Crippen molar-refractivity contribution in [2.45, 2.75) is 13.8 Å². The number of nitrogens with zero attached hydrogens (tertiary/aromatic N) is 2. The van der Waals surface area contributed by atoms with Gasteiger partial charge in [0.1, 0.15) is 0 Å². The van der Waals surface area contributed by atoms with Crippen LogP contribution in [0, 0.1) is 11.3 Å². The van der Waals surface area contributed by atoms with Crippen molar-refractivity contribution < 1.29 is 9.63 Å². The average molecular weight is 202 g/mol. The minimum atomic E-state index is -0.456. The van der Waals surface area contributed by atoms with Crippen molar-refractivity contribution in [1.29, 1.82) is 5.26 Å². The first-order valence-electron chi connectivity index (χ1n) is 4.36. The molecule has 0 amide bonds. The summed E-state index contributed by atoms with van der Waals surface area (Å²) in [5.41, 5.74) is 1.99. The maximum Gasteiger partial charge on any atom is 0.331 e. The van der Waals surface area contributed by atoms with E-state index in [1.807, 2.05) is 6.07 Å². The number of benzene rings is 1. The Hall–Kier alpha value is -2.15. The number of carbonyl (C=O) groups excluding carboxylic acids is 1. The third-order valence-corrected chi connectivity index (χ3v) is 1.74. The molecule has 0 N–H and O–H groups in total. The Balaban J connectivity index is 2.83. The van der Waals surface area contributed by atoms with E-state index < -0.39 is 5.97 Å². The molecule has 1 aromatic rings. The summed E-state index contributed by atoms with van der Waals surface area (Å²) >= 11 is 0. The topological polar surface area (TPSA) is 62.4 Å². The molecule has 0 atom stereocenters. The van der Waals surface area contributed by atoms with E-state index in [9.17, 15) is 4.79 Å². The van der Waals surface area contributed by atoms with E-state index >= 15 is 0 Å². The van der Waals surface area contributed by atoms with Crippen LogP contribution >= 0.6 is 0 Å². The molecular weight excluding hydrogens is 192 g/mol. The highest BCUT2D eigenvalue weighted by atomic mass is 16.7. The molecule has 0 spiro atoms. The Labute approximate surface area is 87.8 Å². The van der Waals surface area contributed by atoms with Crippen LogP contribution in [0.5, 0.6) is 0 Å². The van der Waals surface area contributed by atoms with E-state index in [1.54, 1.807) is 31.2 Å². The lowest BCUT2D eigenvalue weighted by Crippen LogP contribution is -1.99. The Morgan fingerprint density at radius 3 is 2.40 bits per heavy atom. The maximum atomic E-state index is 10.5. The van der Waals surface area contributed by atoms with Gasteiger partial charge in [-0.05, 0) is 24.6 Å². The summed E-state index contributed by atoms with van der Waals surface area (Å²) in [5, 5.41) is 12.2. The Bertz CT molecular complexity index is 427. The van der Waals surface area contributed by atoms with Crippen molar-refractivity contribution in [3.63, 3.8) is 0 Å². The van der Waals surface area contributed by atoms with E-state index in [1.165, 1.54) is 6.92 Å². The normalized spacial score (nSPS) is 10.6. The van der Waals surface area contributed by atoms with Crippen LogP contribution in [0.3, 0.4) is 0 Å². The molecule has 1 aromatic carbocycles. The molecule has 0 heterocycles. The van der Waals surface area contributed by atoms with E-state index in [4.69, 9.17) is 5.26 Å². The molecule has 0 unspecified atom stereocenters. The van der Waals surface area contributed by atoms with Crippen molar-refractivity contribution in [2.24, 2.45) is 5.16 Å². The van der Waals surface area contributed by atoms with E-state index in [0.717, 1.165) is 5.56 Å². The van der Waals surface area contributed by atoms with Gasteiger partial charge in [0.15, 0.2) is 0 Å². The van der Waals surface area contributed by atoms with Gasteiger partial charge in [-0.3, -0.25) is 0 Å². The van der Waals surface area contributed by atoms with Crippen molar-refractivity contribution in [2.75, 3.05) is 0 Å². The fraction of sp³-hybridized carbons (Fsp3) is 0.182. The first kappa shape index (κ1) is 10.9. The van der Waals surface area contributed by atoms with Crippen molar-refractivity contribution in [3.05, 3.63) is 35.4 Å². The summed E-state index contributed by atoms with van der Waals surface area (Å²) in [6.07, 6.45) is 0. The van der Waals surface area contributed by atoms with Gasteiger partial charge in [0.25, 0.3) is 0 Å². The van der Waals surface area contributed by atoms with Crippen molar-refractivity contribution in [1.82, 2.24) is 0 Å². The summed E-state index contributed by atoms with van der Waals surface area (Å²) in [5.74, 6) is -0.456. The second kappa shape index (κ2) is 4.91. The standard InChI is InChI=1S/C11H10N2O2/c1-8(13-15-9(2)14)11-5-3-10(7-12)4-6-11/h3-6H,1-2H3. The molecule has 1 rings (SSSR count). The summed E-state index contributed by atoms with van der Waals surface area (Å²) in [6.45, 7) is 3.01. The molecule has 0 aliphatic carbocycles. The highest BCUT2D eigenvalue weighted by Crippen LogP contribution is 2.05. The summed E-state index contributed by atoms with van der Waals surface area (Å²) < 4.78 is 0. The average Bonchev–Trinajstić information content (AvgIpc) is 2.26. The van der Waals surface area contributed by atoms with Crippen molar-refractivity contribution in [3.8, 4) is 6.07 Å². The first-order valence-corrected chi connectivity index (χ1v) is 4.36. The van der Waals surface area contributed by atoms with Gasteiger partial charge in [-0.1, -0.05) is 17.3 Å². The zero-order chi connectivity index (χ0) is 11.3. The number of carbonyl (C=O) groups is 1. The number of oxime groups is 1. The number of rotatable bonds is 2. The number of hydrogen-bond acceptors (Lipinski definition) is 4. The Morgan fingerprint density at radius 1 is 1.33 bits per heavy atom. The molecule has 0 bridgehead atoms. The van der Waals surface area contributed by atoms with Crippen LogP contribution in [-0.2, 0) is 9.63 Å². The lowest BCUT2D eigenvalue weighted by atomic mass is 10.1. The second-order valence-corrected chi connectivity index (χ2v) is 2.95. The molecule has 76 valence electrons. The SMILES string of the molecule is CC(=O)ON=C(C)c1ccc(C#N)cc1. The zero-order valence-corrected chi connectivity index (χ0v) is 8.52. The van der Waals surface area contributed by atoms with Crippen LogP contribution in [0.1, 0.15) is 25.0 Å². The van der Waals surface area contributed by atoms with Gasteiger partial charge in [-0.25, -0.2) is 4.79 Å². The molecule has 0 aliphatic rings. The van der Waals surface area contributed by atoms with Gasteiger partial charge in [0, 0.05) is 6.92 Å². The predicted molar refractivity (Wildman–Crippen MR) is 55.1 cm³/mol. The number of nitriles is 1. The van der Waals surface area contributed by atoms with Crippen LogP contribution in [0.4, 0.5) is 0 Å².